The Hall–Kier alpha value is -2.69. The van der Waals surface area contributed by atoms with Gasteiger partial charge in [0.2, 0.25) is 5.91 Å². The number of anilines is 2. The Labute approximate surface area is 181 Å². The van der Waals surface area contributed by atoms with E-state index in [0.717, 1.165) is 11.3 Å². The van der Waals surface area contributed by atoms with Crippen molar-refractivity contribution >= 4 is 49.7 Å². The number of methoxy groups -OCH3 is 1. The van der Waals surface area contributed by atoms with Gasteiger partial charge in [0.1, 0.15) is 11.6 Å². The molecule has 1 heterocycles. The molecule has 30 heavy (non-hydrogen) atoms. The largest absolute Gasteiger partial charge is 0.497 e. The zero-order chi connectivity index (χ0) is 21.7. The summed E-state index contributed by atoms with van der Waals surface area (Å²) in [4.78, 5) is 16.4. The zero-order valence-corrected chi connectivity index (χ0v) is 18.1. The highest BCUT2D eigenvalue weighted by atomic mass is 35.5. The van der Waals surface area contributed by atoms with E-state index in [9.17, 15) is 17.6 Å². The van der Waals surface area contributed by atoms with Crippen molar-refractivity contribution in [3.8, 4) is 5.75 Å². The maximum atomic E-state index is 13.2. The maximum absolute atomic E-state index is 13.2. The number of amides is 1. The summed E-state index contributed by atoms with van der Waals surface area (Å²) >= 11 is 6.81. The van der Waals surface area contributed by atoms with Crippen molar-refractivity contribution in [1.29, 1.82) is 0 Å². The molecule has 2 N–H and O–H groups in total. The van der Waals surface area contributed by atoms with E-state index in [4.69, 9.17) is 16.3 Å². The minimum absolute atomic E-state index is 0.0809. The molecule has 0 bridgehead atoms. The Morgan fingerprint density at radius 2 is 1.97 bits per heavy atom. The van der Waals surface area contributed by atoms with Crippen LogP contribution in [0.25, 0.3) is 0 Å². The molecule has 158 valence electrons. The lowest BCUT2D eigenvalue weighted by Gasteiger charge is -2.06. The number of hydrogen-bond acceptors (Lipinski definition) is 6. The lowest BCUT2D eigenvalue weighted by atomic mass is 10.2. The maximum Gasteiger partial charge on any atom is 0.263 e. The number of aromatic nitrogens is 1. The van der Waals surface area contributed by atoms with E-state index in [2.05, 4.69) is 15.0 Å². The third-order valence-electron chi connectivity index (χ3n) is 3.95. The Balaban J connectivity index is 1.56. The molecule has 1 amide bonds. The second-order valence-corrected chi connectivity index (χ2v) is 9.05. The number of carbonyl (C=O) groups excluding carboxylic acids is 1. The molecule has 0 saturated heterocycles. The van der Waals surface area contributed by atoms with Gasteiger partial charge in [0, 0.05) is 17.5 Å². The van der Waals surface area contributed by atoms with Crippen molar-refractivity contribution in [2.75, 3.05) is 17.1 Å². The predicted octanol–water partition coefficient (Wildman–Crippen LogP) is 4.32. The third-order valence-corrected chi connectivity index (χ3v) is 6.53. The Morgan fingerprint density at radius 1 is 1.23 bits per heavy atom. The number of ether oxygens (including phenoxy) is 1. The number of benzene rings is 2. The van der Waals surface area contributed by atoms with Gasteiger partial charge >= 0.3 is 0 Å². The van der Waals surface area contributed by atoms with Gasteiger partial charge in [-0.1, -0.05) is 11.6 Å². The molecular weight excluding hydrogens is 453 g/mol. The van der Waals surface area contributed by atoms with Crippen molar-refractivity contribution < 1.29 is 22.3 Å². The van der Waals surface area contributed by atoms with Crippen LogP contribution in [0.4, 0.5) is 15.2 Å². The summed E-state index contributed by atoms with van der Waals surface area (Å²) in [5.74, 6) is -0.320. The fourth-order valence-corrected chi connectivity index (χ4v) is 4.61. The van der Waals surface area contributed by atoms with Gasteiger partial charge in [-0.2, -0.15) is 0 Å². The molecule has 0 unspecified atom stereocenters. The molecule has 11 heteroatoms. The van der Waals surface area contributed by atoms with Gasteiger partial charge in [0.25, 0.3) is 10.0 Å². The highest BCUT2D eigenvalue weighted by Crippen LogP contribution is 2.23. The van der Waals surface area contributed by atoms with Gasteiger partial charge in [-0.05, 0) is 48.9 Å². The molecule has 3 rings (SSSR count). The molecule has 0 spiro atoms. The number of nitrogens with one attached hydrogen (secondary N) is 2. The van der Waals surface area contributed by atoms with Crippen molar-refractivity contribution in [3.63, 3.8) is 0 Å². The van der Waals surface area contributed by atoms with Gasteiger partial charge < -0.3 is 10.1 Å². The summed E-state index contributed by atoms with van der Waals surface area (Å²) in [5.41, 5.74) is 0.956. The number of thiazole rings is 1. The van der Waals surface area contributed by atoms with Crippen LogP contribution in [0, 0.1) is 5.82 Å². The second-order valence-electron chi connectivity index (χ2n) is 6.10. The van der Waals surface area contributed by atoms with Crippen molar-refractivity contribution in [2.24, 2.45) is 0 Å². The number of carbonyl (C=O) groups is 1. The molecule has 7 nitrogen and oxygen atoms in total. The minimum atomic E-state index is -3.78. The number of hydrogen-bond donors (Lipinski definition) is 2. The summed E-state index contributed by atoms with van der Waals surface area (Å²) in [6, 6.07) is 9.87. The molecule has 3 aromatic rings. The minimum Gasteiger partial charge on any atom is -0.497 e. The molecule has 0 radical (unpaired) electrons. The normalized spacial score (nSPS) is 11.2. The average Bonchev–Trinajstić information content (AvgIpc) is 3.16. The number of rotatable bonds is 8. The highest BCUT2D eigenvalue weighted by Gasteiger charge is 2.16. The second kappa shape index (κ2) is 9.41. The van der Waals surface area contributed by atoms with Gasteiger partial charge in [-0.25, -0.2) is 17.8 Å². The molecule has 0 aliphatic rings. The summed E-state index contributed by atoms with van der Waals surface area (Å²) in [6.07, 6.45) is 0.422. The standard InChI is InChI=1S/C19H17ClFN3O4S2/c1-28-14-4-6-15(7-5-14)30(26,27)24-19-23-13(11-29-19)3-9-18(25)22-12-2-8-17(21)16(20)10-12/h2,4-8,10-11H,3,9H2,1H3,(H,22,25)(H,23,24). The van der Waals surface area contributed by atoms with Crippen LogP contribution in [0.15, 0.2) is 52.7 Å². The molecular formula is C19H17ClFN3O4S2. The fourth-order valence-electron chi connectivity index (χ4n) is 2.44. The number of nitrogens with zero attached hydrogens (tertiary/aromatic N) is 1. The van der Waals surface area contributed by atoms with E-state index in [0.29, 0.717) is 23.6 Å². The first-order valence-corrected chi connectivity index (χ1v) is 11.4. The quantitative estimate of drug-likeness (QED) is 0.512. The molecule has 1 aromatic heterocycles. The van der Waals surface area contributed by atoms with E-state index in [1.165, 1.54) is 37.4 Å². The topological polar surface area (TPSA) is 97.4 Å². The first kappa shape index (κ1) is 22.0. The molecule has 0 aliphatic carbocycles. The van der Waals surface area contributed by atoms with Gasteiger partial charge in [-0.3, -0.25) is 9.52 Å². The fraction of sp³-hybridized carbons (Fsp3) is 0.158. The van der Waals surface area contributed by atoms with Gasteiger partial charge in [0.05, 0.1) is 22.7 Å². The van der Waals surface area contributed by atoms with Crippen molar-refractivity contribution in [2.45, 2.75) is 17.7 Å². The Morgan fingerprint density at radius 3 is 2.63 bits per heavy atom. The van der Waals surface area contributed by atoms with E-state index in [-0.39, 0.29) is 27.4 Å². The molecule has 0 aliphatic heterocycles. The monoisotopic (exact) mass is 469 g/mol. The third kappa shape index (κ3) is 5.68. The highest BCUT2D eigenvalue weighted by molar-refractivity contribution is 7.93. The SMILES string of the molecule is COc1ccc(S(=O)(=O)Nc2nc(CCC(=O)Nc3ccc(F)c(Cl)c3)cs2)cc1. The number of aryl methyl sites for hydroxylation is 1. The van der Waals surface area contributed by atoms with Gasteiger partial charge in [0.15, 0.2) is 5.13 Å². The van der Waals surface area contributed by atoms with Crippen LogP contribution in [0.2, 0.25) is 5.02 Å². The van der Waals surface area contributed by atoms with Crippen molar-refractivity contribution in [1.82, 2.24) is 4.98 Å². The molecule has 0 fully saturated rings. The molecule has 0 saturated carbocycles. The summed E-state index contributed by atoms with van der Waals surface area (Å²) in [5, 5.41) is 4.41. The predicted molar refractivity (Wildman–Crippen MR) is 114 cm³/mol. The van der Waals surface area contributed by atoms with Crippen molar-refractivity contribution in [3.05, 3.63) is 64.4 Å². The van der Waals surface area contributed by atoms with E-state index in [1.807, 2.05) is 0 Å². The smallest absolute Gasteiger partial charge is 0.263 e. The summed E-state index contributed by atoms with van der Waals surface area (Å²) < 4.78 is 45.5. The number of halogens is 2. The lowest BCUT2D eigenvalue weighted by Crippen LogP contribution is -2.13. The van der Waals surface area contributed by atoms with Gasteiger partial charge in [-0.15, -0.1) is 11.3 Å². The Bertz CT molecular complexity index is 1150. The van der Waals surface area contributed by atoms with Crippen LogP contribution in [-0.2, 0) is 21.2 Å². The average molecular weight is 470 g/mol. The zero-order valence-electron chi connectivity index (χ0n) is 15.7. The molecule has 2 aromatic carbocycles. The first-order valence-electron chi connectivity index (χ1n) is 8.63. The van der Waals surface area contributed by atoms with E-state index in [1.54, 1.807) is 17.5 Å². The van der Waals surface area contributed by atoms with Crippen LogP contribution in [0.3, 0.4) is 0 Å². The molecule has 0 atom stereocenters. The Kier molecular flexibility index (Phi) is 6.91. The van der Waals surface area contributed by atoms with Crippen LogP contribution >= 0.6 is 22.9 Å². The lowest BCUT2D eigenvalue weighted by molar-refractivity contribution is -0.116. The van der Waals surface area contributed by atoms with Crippen LogP contribution in [0.5, 0.6) is 5.75 Å². The first-order chi connectivity index (χ1) is 14.3. The number of sulfonamides is 1. The van der Waals surface area contributed by atoms with Crippen LogP contribution < -0.4 is 14.8 Å². The summed E-state index contributed by atoms with van der Waals surface area (Å²) in [7, 11) is -2.29. The van der Waals surface area contributed by atoms with Crippen LogP contribution in [-0.4, -0.2) is 26.4 Å². The summed E-state index contributed by atoms with van der Waals surface area (Å²) in [6.45, 7) is 0. The van der Waals surface area contributed by atoms with E-state index >= 15 is 0 Å². The van der Waals surface area contributed by atoms with E-state index < -0.39 is 15.8 Å². The van der Waals surface area contributed by atoms with Crippen LogP contribution in [0.1, 0.15) is 12.1 Å².